The van der Waals surface area contributed by atoms with Crippen molar-refractivity contribution in [2.75, 3.05) is 18.4 Å². The summed E-state index contributed by atoms with van der Waals surface area (Å²) in [4.78, 5) is 34.3. The predicted octanol–water partition coefficient (Wildman–Crippen LogP) is 2.74. The highest BCUT2D eigenvalue weighted by Gasteiger charge is 2.26. The number of carbonyl (C=O) groups is 2. The Kier molecular flexibility index (Phi) is 5.69. The van der Waals surface area contributed by atoms with Crippen LogP contribution in [0.4, 0.5) is 5.69 Å². The summed E-state index contributed by atoms with van der Waals surface area (Å²) in [6.07, 6.45) is 1.67. The van der Waals surface area contributed by atoms with E-state index in [-0.39, 0.29) is 17.9 Å². The molecule has 0 saturated carbocycles. The highest BCUT2D eigenvalue weighted by Crippen LogP contribution is 2.20. The first-order valence-electron chi connectivity index (χ1n) is 9.06. The summed E-state index contributed by atoms with van der Waals surface area (Å²) in [7, 11) is 0. The van der Waals surface area contributed by atoms with E-state index in [9.17, 15) is 9.59 Å². The number of nitrogens with one attached hydrogen (secondary N) is 1. The number of aryl methyl sites for hydroxylation is 2. The van der Waals surface area contributed by atoms with Crippen molar-refractivity contribution in [1.29, 1.82) is 0 Å². The first-order valence-corrected chi connectivity index (χ1v) is 9.06. The van der Waals surface area contributed by atoms with Gasteiger partial charge in [-0.25, -0.2) is 4.98 Å². The van der Waals surface area contributed by atoms with Crippen LogP contribution in [0.2, 0.25) is 0 Å². The molecule has 27 heavy (non-hydrogen) atoms. The number of carbonyl (C=O) groups excluding carboxylic acids is 2. The van der Waals surface area contributed by atoms with Crippen molar-refractivity contribution < 1.29 is 14.3 Å². The summed E-state index contributed by atoms with van der Waals surface area (Å²) >= 11 is 0. The zero-order chi connectivity index (χ0) is 19.4. The van der Waals surface area contributed by atoms with Crippen LogP contribution in [0, 0.1) is 13.8 Å². The van der Waals surface area contributed by atoms with E-state index < -0.39 is 0 Å². The molecule has 7 heteroatoms. The number of ether oxygens (including phenoxy) is 1. The first kappa shape index (κ1) is 18.8. The molecule has 1 aromatic carbocycles. The molecule has 1 aliphatic rings. The molecule has 3 rings (SSSR count). The third-order valence-corrected chi connectivity index (χ3v) is 4.35. The maximum atomic E-state index is 12.8. The van der Waals surface area contributed by atoms with E-state index in [1.807, 2.05) is 24.8 Å². The number of hydrogen-bond donors (Lipinski definition) is 1. The Balaban J connectivity index is 1.64. The van der Waals surface area contributed by atoms with Gasteiger partial charge in [0.25, 0.3) is 5.91 Å². The van der Waals surface area contributed by atoms with E-state index in [2.05, 4.69) is 15.3 Å². The molecule has 1 unspecified atom stereocenters. The topological polar surface area (TPSA) is 84.4 Å². The molecule has 2 aromatic rings. The molecule has 1 saturated heterocycles. The highest BCUT2D eigenvalue weighted by atomic mass is 16.5. The van der Waals surface area contributed by atoms with Gasteiger partial charge in [-0.05, 0) is 51.0 Å². The van der Waals surface area contributed by atoms with Gasteiger partial charge in [0.1, 0.15) is 11.9 Å². The van der Waals surface area contributed by atoms with Crippen LogP contribution in [0.15, 0.2) is 30.3 Å². The van der Waals surface area contributed by atoms with Crippen LogP contribution in [-0.4, -0.2) is 45.9 Å². The molecule has 0 aliphatic carbocycles. The molecule has 1 fully saturated rings. The zero-order valence-electron chi connectivity index (χ0n) is 15.9. The van der Waals surface area contributed by atoms with E-state index in [0.29, 0.717) is 36.0 Å². The minimum Gasteiger partial charge on any atom is -0.472 e. The molecular formula is C20H24N4O3. The number of nitrogens with zero attached hydrogens (tertiary/aromatic N) is 3. The monoisotopic (exact) mass is 368 g/mol. The minimum atomic E-state index is -0.139. The van der Waals surface area contributed by atoms with Crippen molar-refractivity contribution in [3.63, 3.8) is 0 Å². The lowest BCUT2D eigenvalue weighted by molar-refractivity contribution is -0.114. The third-order valence-electron chi connectivity index (χ3n) is 4.35. The van der Waals surface area contributed by atoms with Gasteiger partial charge in [0.2, 0.25) is 11.8 Å². The predicted molar refractivity (Wildman–Crippen MR) is 102 cm³/mol. The Labute approximate surface area is 158 Å². The highest BCUT2D eigenvalue weighted by molar-refractivity contribution is 5.95. The standard InChI is InChI=1S/C20H24N4O3/c1-13-11-19(22-14(2)21-13)27-18-5-4-10-24(12-18)20(26)16-6-8-17(9-7-16)23-15(3)25/h6-9,11,18H,4-5,10,12H2,1-3H3,(H,23,25). The number of amides is 2. The number of hydrogen-bond acceptors (Lipinski definition) is 5. The molecule has 1 aromatic heterocycles. The van der Waals surface area contributed by atoms with Crippen LogP contribution in [0.5, 0.6) is 5.88 Å². The largest absolute Gasteiger partial charge is 0.472 e. The van der Waals surface area contributed by atoms with Gasteiger partial charge in [-0.2, -0.15) is 4.98 Å². The molecule has 7 nitrogen and oxygen atoms in total. The lowest BCUT2D eigenvalue weighted by Gasteiger charge is -2.32. The Hall–Kier alpha value is -2.96. The van der Waals surface area contributed by atoms with Gasteiger partial charge in [0.15, 0.2) is 0 Å². The quantitative estimate of drug-likeness (QED) is 0.897. The smallest absolute Gasteiger partial charge is 0.253 e. The Morgan fingerprint density at radius 3 is 2.59 bits per heavy atom. The summed E-state index contributed by atoms with van der Waals surface area (Å²) in [5, 5.41) is 2.70. The van der Waals surface area contributed by atoms with Crippen molar-refractivity contribution in [2.45, 2.75) is 39.7 Å². The number of aromatic nitrogens is 2. The van der Waals surface area contributed by atoms with E-state index in [1.54, 1.807) is 24.3 Å². The summed E-state index contributed by atoms with van der Waals surface area (Å²) in [5.74, 6) is 1.06. The SMILES string of the molecule is CC(=O)Nc1ccc(C(=O)N2CCCC(Oc3cc(C)nc(C)n3)C2)cc1. The van der Waals surface area contributed by atoms with Crippen LogP contribution < -0.4 is 10.1 Å². The third kappa shape index (κ3) is 5.03. The molecule has 0 bridgehead atoms. The molecule has 1 N–H and O–H groups in total. The molecule has 1 aliphatic heterocycles. The Morgan fingerprint density at radius 2 is 1.93 bits per heavy atom. The lowest BCUT2D eigenvalue weighted by atomic mass is 10.1. The van der Waals surface area contributed by atoms with Crippen LogP contribution in [-0.2, 0) is 4.79 Å². The van der Waals surface area contributed by atoms with Gasteiger partial charge in [-0.1, -0.05) is 0 Å². The summed E-state index contributed by atoms with van der Waals surface area (Å²) in [6, 6.07) is 8.75. The van der Waals surface area contributed by atoms with Crippen LogP contribution in [0.25, 0.3) is 0 Å². The second-order valence-electron chi connectivity index (χ2n) is 6.79. The van der Waals surface area contributed by atoms with E-state index >= 15 is 0 Å². The number of anilines is 1. The van der Waals surface area contributed by atoms with Crippen LogP contribution in [0.3, 0.4) is 0 Å². The Morgan fingerprint density at radius 1 is 1.19 bits per heavy atom. The van der Waals surface area contributed by atoms with Gasteiger partial charge >= 0.3 is 0 Å². The minimum absolute atomic E-state index is 0.0345. The number of rotatable bonds is 4. The molecule has 1 atom stereocenters. The van der Waals surface area contributed by atoms with E-state index in [0.717, 1.165) is 18.5 Å². The van der Waals surface area contributed by atoms with Crippen molar-refractivity contribution in [3.05, 3.63) is 47.4 Å². The van der Waals surface area contributed by atoms with E-state index in [1.165, 1.54) is 6.92 Å². The number of piperidine rings is 1. The molecule has 2 heterocycles. The fourth-order valence-electron chi connectivity index (χ4n) is 3.21. The molecule has 0 spiro atoms. The zero-order valence-corrected chi connectivity index (χ0v) is 15.9. The molecule has 2 amide bonds. The average molecular weight is 368 g/mol. The normalized spacial score (nSPS) is 16.7. The molecular weight excluding hydrogens is 344 g/mol. The fraction of sp³-hybridized carbons (Fsp3) is 0.400. The lowest BCUT2D eigenvalue weighted by Crippen LogP contribution is -2.44. The van der Waals surface area contributed by atoms with Crippen molar-refractivity contribution in [1.82, 2.24) is 14.9 Å². The van der Waals surface area contributed by atoms with Crippen molar-refractivity contribution >= 4 is 17.5 Å². The van der Waals surface area contributed by atoms with Crippen LogP contribution in [0.1, 0.15) is 41.6 Å². The maximum Gasteiger partial charge on any atom is 0.253 e. The first-order chi connectivity index (χ1) is 12.9. The second kappa shape index (κ2) is 8.16. The van der Waals surface area contributed by atoms with Gasteiger partial charge in [-0.3, -0.25) is 9.59 Å². The number of benzene rings is 1. The van der Waals surface area contributed by atoms with Gasteiger partial charge in [-0.15, -0.1) is 0 Å². The van der Waals surface area contributed by atoms with Crippen molar-refractivity contribution in [2.24, 2.45) is 0 Å². The van der Waals surface area contributed by atoms with Gasteiger partial charge < -0.3 is 15.0 Å². The summed E-state index contributed by atoms with van der Waals surface area (Å²) < 4.78 is 6.00. The van der Waals surface area contributed by atoms with Gasteiger partial charge in [0.05, 0.1) is 6.54 Å². The average Bonchev–Trinajstić information content (AvgIpc) is 2.60. The molecule has 0 radical (unpaired) electrons. The van der Waals surface area contributed by atoms with E-state index in [4.69, 9.17) is 4.74 Å². The Bertz CT molecular complexity index is 815. The van der Waals surface area contributed by atoms with Crippen molar-refractivity contribution in [3.8, 4) is 5.88 Å². The van der Waals surface area contributed by atoms with Crippen LogP contribution >= 0.6 is 0 Å². The van der Waals surface area contributed by atoms with Gasteiger partial charge in [0, 0.05) is 36.5 Å². The summed E-state index contributed by atoms with van der Waals surface area (Å²) in [5.41, 5.74) is 2.13. The number of likely N-dealkylation sites (tertiary alicyclic amines) is 1. The molecule has 142 valence electrons. The maximum absolute atomic E-state index is 12.8. The summed E-state index contributed by atoms with van der Waals surface area (Å²) in [6.45, 7) is 6.42. The second-order valence-corrected chi connectivity index (χ2v) is 6.79. The fourth-order valence-corrected chi connectivity index (χ4v) is 3.21.